The fraction of sp³-hybridized carbons (Fsp3) is 0. The summed E-state index contributed by atoms with van der Waals surface area (Å²) >= 11 is 0. The highest BCUT2D eigenvalue weighted by atomic mass is 19.1. The normalized spacial score (nSPS) is 11.1. The first-order valence-corrected chi connectivity index (χ1v) is 8.92. The van der Waals surface area contributed by atoms with Crippen LogP contribution in [0.2, 0.25) is 0 Å². The number of nitrogens with zero attached hydrogens (tertiary/aromatic N) is 4. The zero-order valence-corrected chi connectivity index (χ0v) is 15.6. The molecule has 0 saturated carbocycles. The summed E-state index contributed by atoms with van der Waals surface area (Å²) in [5.41, 5.74) is 7.89. The average molecular weight is 395 g/mol. The van der Waals surface area contributed by atoms with Gasteiger partial charge in [-0.1, -0.05) is 18.2 Å². The van der Waals surface area contributed by atoms with Crippen molar-refractivity contribution in [1.82, 2.24) is 9.78 Å². The smallest absolute Gasteiger partial charge is 0.145 e. The number of furan rings is 1. The Bertz CT molecular complexity index is 1320. The molecule has 0 aliphatic carbocycles. The third-order valence-corrected chi connectivity index (χ3v) is 4.45. The molecule has 2 aromatic carbocycles. The molecule has 0 amide bonds. The van der Waals surface area contributed by atoms with E-state index in [1.54, 1.807) is 36.4 Å². The molecule has 0 fully saturated rings. The zero-order valence-electron chi connectivity index (χ0n) is 15.6. The summed E-state index contributed by atoms with van der Waals surface area (Å²) in [6.07, 6.45) is 1.49. The Kier molecular flexibility index (Phi) is 4.86. The fourth-order valence-corrected chi connectivity index (χ4v) is 2.99. The Balaban J connectivity index is 1.75. The Labute approximate surface area is 171 Å². The van der Waals surface area contributed by atoms with Crippen molar-refractivity contribution >= 4 is 17.5 Å². The number of anilines is 1. The first-order chi connectivity index (χ1) is 14.6. The molecule has 0 bridgehead atoms. The summed E-state index contributed by atoms with van der Waals surface area (Å²) in [5, 5.41) is 23.6. The van der Waals surface area contributed by atoms with Gasteiger partial charge in [-0.25, -0.2) is 9.07 Å². The number of rotatable bonds is 4. The Morgan fingerprint density at radius 3 is 2.43 bits per heavy atom. The highest BCUT2D eigenvalue weighted by molar-refractivity contribution is 5.90. The minimum atomic E-state index is -0.340. The number of nitriles is 2. The van der Waals surface area contributed by atoms with Gasteiger partial charge in [0, 0.05) is 11.6 Å². The minimum Gasteiger partial charge on any atom is -0.457 e. The molecule has 0 spiro atoms. The molecular formula is C23H14FN5O. The molecular weight excluding hydrogens is 381 g/mol. The topological polar surface area (TPSA) is 105 Å². The number of halogens is 1. The van der Waals surface area contributed by atoms with Gasteiger partial charge in [-0.3, -0.25) is 0 Å². The van der Waals surface area contributed by atoms with Crippen LogP contribution in [0, 0.1) is 28.5 Å². The third-order valence-electron chi connectivity index (χ3n) is 4.45. The fourth-order valence-electron chi connectivity index (χ4n) is 2.99. The van der Waals surface area contributed by atoms with Gasteiger partial charge in [-0.05, 0) is 48.5 Å². The largest absolute Gasteiger partial charge is 0.457 e. The summed E-state index contributed by atoms with van der Waals surface area (Å²) in [7, 11) is 0. The summed E-state index contributed by atoms with van der Waals surface area (Å²) in [5.74, 6) is 0.718. The standard InChI is InChI=1S/C23H14FN5O/c24-17-8-6-15(7-9-17)21-11-10-19(30-21)12-16(13-25)22-20(14-26)23(27)29(28-22)18-4-2-1-3-5-18/h1-12H,27H2. The molecule has 144 valence electrons. The molecule has 0 saturated heterocycles. The maximum absolute atomic E-state index is 13.1. The SMILES string of the molecule is N#CC(=Cc1ccc(-c2ccc(F)cc2)o1)c1nn(-c2ccccc2)c(N)c1C#N. The zero-order chi connectivity index (χ0) is 21.1. The lowest BCUT2D eigenvalue weighted by atomic mass is 10.1. The maximum Gasteiger partial charge on any atom is 0.145 e. The molecule has 2 heterocycles. The number of benzene rings is 2. The maximum atomic E-state index is 13.1. The van der Waals surface area contributed by atoms with E-state index >= 15 is 0 Å². The molecule has 7 heteroatoms. The minimum absolute atomic E-state index is 0.108. The molecule has 4 rings (SSSR count). The number of nitrogen functional groups attached to an aromatic ring is 1. The van der Waals surface area contributed by atoms with Crippen molar-refractivity contribution in [1.29, 1.82) is 10.5 Å². The van der Waals surface area contributed by atoms with E-state index in [9.17, 15) is 14.9 Å². The number of nitrogens with two attached hydrogens (primary N) is 1. The lowest BCUT2D eigenvalue weighted by molar-refractivity contribution is 0.571. The van der Waals surface area contributed by atoms with E-state index in [4.69, 9.17) is 10.2 Å². The number of hydrogen-bond acceptors (Lipinski definition) is 5. The first kappa shape index (κ1) is 18.7. The van der Waals surface area contributed by atoms with Gasteiger partial charge in [0.2, 0.25) is 0 Å². The molecule has 0 atom stereocenters. The lowest BCUT2D eigenvalue weighted by Gasteiger charge is -2.02. The molecule has 0 radical (unpaired) electrons. The van der Waals surface area contributed by atoms with Crippen LogP contribution < -0.4 is 5.73 Å². The van der Waals surface area contributed by atoms with Crippen molar-refractivity contribution in [2.45, 2.75) is 0 Å². The van der Waals surface area contributed by atoms with Crippen LogP contribution in [0.1, 0.15) is 17.0 Å². The second kappa shape index (κ2) is 7.78. The molecule has 0 aliphatic rings. The van der Waals surface area contributed by atoms with E-state index in [2.05, 4.69) is 11.2 Å². The summed E-state index contributed by atoms with van der Waals surface area (Å²) in [6.45, 7) is 0. The molecule has 0 unspecified atom stereocenters. The molecule has 2 aromatic heterocycles. The van der Waals surface area contributed by atoms with E-state index in [0.29, 0.717) is 22.8 Å². The van der Waals surface area contributed by atoms with Crippen LogP contribution >= 0.6 is 0 Å². The first-order valence-electron chi connectivity index (χ1n) is 8.92. The number of aromatic nitrogens is 2. The van der Waals surface area contributed by atoms with E-state index in [1.807, 2.05) is 24.3 Å². The van der Waals surface area contributed by atoms with Gasteiger partial charge in [-0.2, -0.15) is 15.6 Å². The quantitative estimate of drug-likeness (QED) is 0.500. The van der Waals surface area contributed by atoms with Gasteiger partial charge >= 0.3 is 0 Å². The van der Waals surface area contributed by atoms with Crippen molar-refractivity contribution in [2.75, 3.05) is 5.73 Å². The number of para-hydroxylation sites is 1. The molecule has 0 aliphatic heterocycles. The van der Waals surface area contributed by atoms with Crippen LogP contribution in [0.4, 0.5) is 10.2 Å². The summed E-state index contributed by atoms with van der Waals surface area (Å²) < 4.78 is 20.3. The highest BCUT2D eigenvalue weighted by Gasteiger charge is 2.20. The highest BCUT2D eigenvalue weighted by Crippen LogP contribution is 2.29. The van der Waals surface area contributed by atoms with Crippen molar-refractivity contribution < 1.29 is 8.81 Å². The van der Waals surface area contributed by atoms with Crippen molar-refractivity contribution in [3.05, 3.63) is 89.6 Å². The monoisotopic (exact) mass is 395 g/mol. The van der Waals surface area contributed by atoms with Gasteiger partial charge in [0.15, 0.2) is 0 Å². The second-order valence-corrected chi connectivity index (χ2v) is 6.35. The van der Waals surface area contributed by atoms with Crippen LogP contribution in [-0.2, 0) is 0 Å². The summed E-state index contributed by atoms with van der Waals surface area (Å²) in [4.78, 5) is 0. The van der Waals surface area contributed by atoms with E-state index in [1.165, 1.54) is 22.9 Å². The Morgan fingerprint density at radius 2 is 1.77 bits per heavy atom. The summed E-state index contributed by atoms with van der Waals surface area (Å²) in [6, 6.07) is 22.5. The van der Waals surface area contributed by atoms with Gasteiger partial charge in [0.1, 0.15) is 46.6 Å². The van der Waals surface area contributed by atoms with Gasteiger partial charge in [-0.15, -0.1) is 0 Å². The number of hydrogen-bond donors (Lipinski definition) is 1. The lowest BCUT2D eigenvalue weighted by Crippen LogP contribution is -2.02. The average Bonchev–Trinajstić information content (AvgIpc) is 3.37. The predicted octanol–water partition coefficient (Wildman–Crippen LogP) is 4.79. The van der Waals surface area contributed by atoms with Crippen molar-refractivity contribution in [2.24, 2.45) is 0 Å². The van der Waals surface area contributed by atoms with Crippen molar-refractivity contribution in [3.8, 4) is 29.1 Å². The van der Waals surface area contributed by atoms with E-state index in [0.717, 1.165) is 0 Å². The molecule has 4 aromatic rings. The van der Waals surface area contributed by atoms with Gasteiger partial charge in [0.25, 0.3) is 0 Å². The Hall–Kier alpha value is -4.62. The Morgan fingerprint density at radius 1 is 1.03 bits per heavy atom. The van der Waals surface area contributed by atoms with Gasteiger partial charge in [0.05, 0.1) is 11.3 Å². The predicted molar refractivity (Wildman–Crippen MR) is 110 cm³/mol. The van der Waals surface area contributed by atoms with Crippen LogP contribution in [0.25, 0.3) is 28.7 Å². The van der Waals surface area contributed by atoms with E-state index < -0.39 is 0 Å². The van der Waals surface area contributed by atoms with Crippen LogP contribution in [0.5, 0.6) is 0 Å². The molecule has 30 heavy (non-hydrogen) atoms. The van der Waals surface area contributed by atoms with Crippen molar-refractivity contribution in [3.63, 3.8) is 0 Å². The van der Waals surface area contributed by atoms with Gasteiger partial charge < -0.3 is 10.2 Å². The van der Waals surface area contributed by atoms with Crippen LogP contribution in [-0.4, -0.2) is 9.78 Å². The van der Waals surface area contributed by atoms with Crippen LogP contribution in [0.15, 0.2) is 71.1 Å². The number of allylic oxidation sites excluding steroid dienone is 1. The van der Waals surface area contributed by atoms with E-state index in [-0.39, 0.29) is 28.5 Å². The second-order valence-electron chi connectivity index (χ2n) is 6.35. The third kappa shape index (κ3) is 3.44. The van der Waals surface area contributed by atoms with Crippen LogP contribution in [0.3, 0.4) is 0 Å². The molecule has 2 N–H and O–H groups in total. The molecule has 6 nitrogen and oxygen atoms in total.